The number of hydrogen-bond acceptors (Lipinski definition) is 4. The quantitative estimate of drug-likeness (QED) is 0.887. The molecule has 0 bridgehead atoms. The van der Waals surface area contributed by atoms with Crippen LogP contribution in [0.4, 0.5) is 11.5 Å². The van der Waals surface area contributed by atoms with Crippen LogP contribution in [0.25, 0.3) is 0 Å². The van der Waals surface area contributed by atoms with Crippen LogP contribution in [0.3, 0.4) is 0 Å². The van der Waals surface area contributed by atoms with Crippen molar-refractivity contribution < 1.29 is 4.74 Å². The largest absolute Gasteiger partial charge is 0.495 e. The first kappa shape index (κ1) is 15.4. The van der Waals surface area contributed by atoms with Gasteiger partial charge >= 0.3 is 0 Å². The van der Waals surface area contributed by atoms with Crippen molar-refractivity contribution in [3.63, 3.8) is 0 Å². The van der Waals surface area contributed by atoms with E-state index < -0.39 is 0 Å². The van der Waals surface area contributed by atoms with E-state index in [9.17, 15) is 0 Å². The van der Waals surface area contributed by atoms with Crippen molar-refractivity contribution in [2.75, 3.05) is 25.6 Å². The first-order chi connectivity index (χ1) is 10.1. The molecule has 5 nitrogen and oxygen atoms in total. The van der Waals surface area contributed by atoms with Gasteiger partial charge in [-0.25, -0.2) is 0 Å². The second-order valence-electron chi connectivity index (χ2n) is 5.02. The summed E-state index contributed by atoms with van der Waals surface area (Å²) in [6.45, 7) is 5.90. The minimum atomic E-state index is 0.811. The van der Waals surface area contributed by atoms with Gasteiger partial charge in [0.05, 0.1) is 18.5 Å². The number of nitrogens with one attached hydrogen (secondary N) is 1. The van der Waals surface area contributed by atoms with Gasteiger partial charge in [-0.1, -0.05) is 19.1 Å². The number of ether oxygens (including phenoxy) is 1. The summed E-state index contributed by atoms with van der Waals surface area (Å²) in [6.07, 6.45) is 0. The van der Waals surface area contributed by atoms with E-state index in [1.54, 1.807) is 7.11 Å². The van der Waals surface area contributed by atoms with Crippen molar-refractivity contribution in [2.24, 2.45) is 7.05 Å². The Morgan fingerprint density at radius 3 is 2.71 bits per heavy atom. The molecule has 0 fully saturated rings. The molecule has 1 N–H and O–H groups in total. The number of aryl methyl sites for hydroxylation is 2. The Hall–Kier alpha value is -2.01. The van der Waals surface area contributed by atoms with Gasteiger partial charge in [0.2, 0.25) is 0 Å². The van der Waals surface area contributed by atoms with Gasteiger partial charge in [-0.3, -0.25) is 4.68 Å². The van der Waals surface area contributed by atoms with Crippen LogP contribution in [0.1, 0.15) is 18.2 Å². The maximum absolute atomic E-state index is 5.47. The number of aromatic nitrogens is 2. The second kappa shape index (κ2) is 6.63. The molecular weight excluding hydrogens is 264 g/mol. The Bertz CT molecular complexity index is 606. The van der Waals surface area contributed by atoms with E-state index in [0.29, 0.717) is 0 Å². The zero-order valence-electron chi connectivity index (χ0n) is 13.5. The first-order valence-corrected chi connectivity index (χ1v) is 7.20. The van der Waals surface area contributed by atoms with E-state index in [-0.39, 0.29) is 0 Å². The van der Waals surface area contributed by atoms with Crippen molar-refractivity contribution in [3.8, 4) is 5.75 Å². The fourth-order valence-electron chi connectivity index (χ4n) is 2.59. The summed E-state index contributed by atoms with van der Waals surface area (Å²) in [5.41, 5.74) is 3.30. The van der Waals surface area contributed by atoms with E-state index in [1.165, 1.54) is 5.56 Å². The summed E-state index contributed by atoms with van der Waals surface area (Å²) in [5, 5.41) is 7.94. The van der Waals surface area contributed by atoms with E-state index >= 15 is 0 Å². The molecule has 0 aliphatic carbocycles. The van der Waals surface area contributed by atoms with Crippen LogP contribution in [0, 0.1) is 6.92 Å². The van der Waals surface area contributed by atoms with Crippen LogP contribution in [0.15, 0.2) is 24.3 Å². The lowest BCUT2D eigenvalue weighted by molar-refractivity contribution is 0.415. The molecular formula is C16H24N4O. The minimum absolute atomic E-state index is 0.811. The van der Waals surface area contributed by atoms with Crippen LogP contribution in [-0.2, 0) is 13.6 Å². The lowest BCUT2D eigenvalue weighted by Gasteiger charge is -2.23. The maximum atomic E-state index is 5.47. The molecule has 0 amide bonds. The summed E-state index contributed by atoms with van der Waals surface area (Å²) < 4.78 is 7.39. The predicted octanol–water partition coefficient (Wildman–Crippen LogP) is 2.61. The molecule has 2 aromatic rings. The average Bonchev–Trinajstić information content (AvgIpc) is 2.78. The minimum Gasteiger partial charge on any atom is -0.495 e. The number of para-hydroxylation sites is 2. The van der Waals surface area contributed by atoms with Gasteiger partial charge in [0, 0.05) is 26.2 Å². The molecule has 0 saturated carbocycles. The summed E-state index contributed by atoms with van der Waals surface area (Å²) in [7, 11) is 5.72. The Kier molecular flexibility index (Phi) is 4.85. The molecule has 1 heterocycles. The lowest BCUT2D eigenvalue weighted by Crippen LogP contribution is -2.19. The molecule has 0 spiro atoms. The molecule has 0 atom stereocenters. The third-order valence-electron chi connectivity index (χ3n) is 3.63. The van der Waals surface area contributed by atoms with Crippen molar-refractivity contribution in [1.82, 2.24) is 15.1 Å². The highest BCUT2D eigenvalue weighted by Crippen LogP contribution is 2.34. The highest BCUT2D eigenvalue weighted by Gasteiger charge is 2.19. The molecule has 0 radical (unpaired) electrons. The van der Waals surface area contributed by atoms with Gasteiger partial charge in [-0.15, -0.1) is 0 Å². The van der Waals surface area contributed by atoms with Gasteiger partial charge in [0.15, 0.2) is 0 Å². The van der Waals surface area contributed by atoms with Gasteiger partial charge in [-0.2, -0.15) is 5.10 Å². The van der Waals surface area contributed by atoms with Crippen molar-refractivity contribution in [2.45, 2.75) is 20.4 Å². The molecule has 0 saturated heterocycles. The summed E-state index contributed by atoms with van der Waals surface area (Å²) in [5.74, 6) is 1.94. The second-order valence-corrected chi connectivity index (χ2v) is 5.02. The molecule has 1 aromatic carbocycles. The van der Waals surface area contributed by atoms with Gasteiger partial charge < -0.3 is 15.0 Å². The molecule has 0 aliphatic heterocycles. The van der Waals surface area contributed by atoms with E-state index in [2.05, 4.69) is 28.3 Å². The third kappa shape index (κ3) is 3.03. The van der Waals surface area contributed by atoms with Crippen molar-refractivity contribution in [3.05, 3.63) is 35.5 Å². The van der Waals surface area contributed by atoms with Crippen molar-refractivity contribution in [1.29, 1.82) is 0 Å². The number of methoxy groups -OCH3 is 1. The summed E-state index contributed by atoms with van der Waals surface area (Å²) >= 11 is 0. The smallest absolute Gasteiger partial charge is 0.142 e. The van der Waals surface area contributed by atoms with Crippen LogP contribution in [0.2, 0.25) is 0 Å². The van der Waals surface area contributed by atoms with Crippen LogP contribution in [0.5, 0.6) is 5.75 Å². The number of rotatable bonds is 6. The molecule has 1 aromatic heterocycles. The Labute approximate surface area is 126 Å². The molecule has 5 heteroatoms. The molecule has 21 heavy (non-hydrogen) atoms. The van der Waals surface area contributed by atoms with E-state index in [4.69, 9.17) is 4.74 Å². The third-order valence-corrected chi connectivity index (χ3v) is 3.63. The highest BCUT2D eigenvalue weighted by molar-refractivity contribution is 5.69. The summed E-state index contributed by atoms with van der Waals surface area (Å²) in [6, 6.07) is 8.02. The molecule has 114 valence electrons. The Morgan fingerprint density at radius 2 is 2.05 bits per heavy atom. The molecule has 2 rings (SSSR count). The number of anilines is 2. The zero-order valence-corrected chi connectivity index (χ0v) is 13.5. The van der Waals surface area contributed by atoms with Crippen molar-refractivity contribution >= 4 is 11.5 Å². The van der Waals surface area contributed by atoms with Crippen LogP contribution >= 0.6 is 0 Å². The summed E-state index contributed by atoms with van der Waals surface area (Å²) in [4.78, 5) is 2.13. The van der Waals surface area contributed by atoms with E-state index in [1.807, 2.05) is 43.9 Å². The molecule has 0 unspecified atom stereocenters. The van der Waals surface area contributed by atoms with Gasteiger partial charge in [-0.05, 0) is 25.6 Å². The first-order valence-electron chi connectivity index (χ1n) is 7.20. The Morgan fingerprint density at radius 1 is 1.33 bits per heavy atom. The van der Waals surface area contributed by atoms with Crippen LogP contribution < -0.4 is 15.0 Å². The maximum Gasteiger partial charge on any atom is 0.142 e. The van der Waals surface area contributed by atoms with Gasteiger partial charge in [0.25, 0.3) is 0 Å². The monoisotopic (exact) mass is 288 g/mol. The SMILES string of the molecule is CCNCc1c(C)nn(C)c1N(C)c1ccccc1OC. The topological polar surface area (TPSA) is 42.3 Å². The molecule has 0 aliphatic rings. The lowest BCUT2D eigenvalue weighted by atomic mass is 10.2. The number of hydrogen-bond donors (Lipinski definition) is 1. The number of nitrogens with zero attached hydrogens (tertiary/aromatic N) is 3. The fraction of sp³-hybridized carbons (Fsp3) is 0.438. The normalized spacial score (nSPS) is 10.7. The highest BCUT2D eigenvalue weighted by atomic mass is 16.5. The predicted molar refractivity (Wildman–Crippen MR) is 86.4 cm³/mol. The van der Waals surface area contributed by atoms with Gasteiger partial charge in [0.1, 0.15) is 11.6 Å². The zero-order chi connectivity index (χ0) is 15.4. The standard InChI is InChI=1S/C16H24N4O/c1-6-17-11-13-12(2)18-20(4)16(13)19(3)14-9-7-8-10-15(14)21-5/h7-10,17H,6,11H2,1-5H3. The fourth-order valence-corrected chi connectivity index (χ4v) is 2.59. The van der Waals surface area contributed by atoms with E-state index in [0.717, 1.165) is 36.0 Å². The average molecular weight is 288 g/mol. The number of benzene rings is 1. The Balaban J connectivity index is 2.45. The van der Waals surface area contributed by atoms with Crippen LogP contribution in [-0.4, -0.2) is 30.5 Å².